The maximum atomic E-state index is 13.0. The van der Waals surface area contributed by atoms with Gasteiger partial charge in [0, 0.05) is 12.1 Å². The molecule has 1 aliphatic heterocycles. The number of halogens is 1. The number of fused-ring (bicyclic) bond motifs is 1. The van der Waals surface area contributed by atoms with Crippen LogP contribution >= 0.6 is 11.6 Å². The molecule has 4 rings (SSSR count). The molecule has 29 heavy (non-hydrogen) atoms. The van der Waals surface area contributed by atoms with E-state index in [-0.39, 0.29) is 10.8 Å². The molecule has 0 fully saturated rings. The molecule has 1 N–H and O–H groups in total. The molecular formula is C22H19ClN2O3S. The quantitative estimate of drug-likeness (QED) is 0.660. The van der Waals surface area contributed by atoms with Crippen molar-refractivity contribution >= 4 is 38.9 Å². The second-order valence-electron chi connectivity index (χ2n) is 6.92. The van der Waals surface area contributed by atoms with Crippen LogP contribution in [-0.4, -0.2) is 20.9 Å². The summed E-state index contributed by atoms with van der Waals surface area (Å²) in [5, 5.41) is 3.24. The summed E-state index contributed by atoms with van der Waals surface area (Å²) in [5.41, 5.74) is 3.42. The summed E-state index contributed by atoms with van der Waals surface area (Å²) in [6, 6.07) is 18.9. The average Bonchev–Trinajstić information content (AvgIpc) is 3.14. The zero-order chi connectivity index (χ0) is 20.6. The number of rotatable bonds is 4. The van der Waals surface area contributed by atoms with E-state index in [1.807, 2.05) is 6.92 Å². The molecule has 0 spiro atoms. The van der Waals surface area contributed by atoms with Gasteiger partial charge in [-0.15, -0.1) is 0 Å². The summed E-state index contributed by atoms with van der Waals surface area (Å²) in [4.78, 5) is 12.9. The van der Waals surface area contributed by atoms with Crippen LogP contribution in [0.3, 0.4) is 0 Å². The first-order valence-electron chi connectivity index (χ1n) is 9.14. The summed E-state index contributed by atoms with van der Waals surface area (Å²) < 4.78 is 27.5. The Labute approximate surface area is 175 Å². The highest BCUT2D eigenvalue weighted by Crippen LogP contribution is 2.34. The molecule has 1 amide bonds. The summed E-state index contributed by atoms with van der Waals surface area (Å²) in [6.45, 7) is 2.26. The van der Waals surface area contributed by atoms with Gasteiger partial charge in [-0.1, -0.05) is 41.4 Å². The molecule has 0 atom stereocenters. The molecule has 148 valence electrons. The highest BCUT2D eigenvalue weighted by atomic mass is 35.5. The molecule has 7 heteroatoms. The monoisotopic (exact) mass is 426 g/mol. The van der Waals surface area contributed by atoms with Crippen molar-refractivity contribution in [3.63, 3.8) is 0 Å². The van der Waals surface area contributed by atoms with E-state index < -0.39 is 10.0 Å². The van der Waals surface area contributed by atoms with Crippen LogP contribution in [-0.2, 0) is 16.4 Å². The number of nitrogens with one attached hydrogen (secondary N) is 1. The lowest BCUT2D eigenvalue weighted by atomic mass is 10.1. The van der Waals surface area contributed by atoms with Crippen molar-refractivity contribution in [1.29, 1.82) is 0 Å². The van der Waals surface area contributed by atoms with Crippen molar-refractivity contribution in [1.82, 2.24) is 0 Å². The molecule has 5 nitrogen and oxygen atoms in total. The lowest BCUT2D eigenvalue weighted by Crippen LogP contribution is -2.29. The number of carbonyl (C=O) groups is 1. The number of aryl methyl sites for hydroxylation is 1. The molecule has 1 aliphatic rings. The number of anilines is 2. The molecule has 3 aromatic rings. The lowest BCUT2D eigenvalue weighted by Gasteiger charge is -2.20. The zero-order valence-corrected chi connectivity index (χ0v) is 17.3. The van der Waals surface area contributed by atoms with Crippen LogP contribution in [0, 0.1) is 6.92 Å². The second-order valence-corrected chi connectivity index (χ2v) is 9.19. The number of hydrogen-bond donors (Lipinski definition) is 1. The Morgan fingerprint density at radius 2 is 1.76 bits per heavy atom. The molecule has 3 aromatic carbocycles. The molecule has 0 radical (unpaired) electrons. The summed E-state index contributed by atoms with van der Waals surface area (Å²) in [5.74, 6) is -0.291. The SMILES string of the molecule is Cc1ccc(S(=O)(=O)N2CCc3cc(C(=O)Nc4ccccc4Cl)ccc32)cc1. The fourth-order valence-electron chi connectivity index (χ4n) is 3.36. The normalized spacial score (nSPS) is 13.2. The average molecular weight is 427 g/mol. The van der Waals surface area contributed by atoms with Crippen LogP contribution in [0.1, 0.15) is 21.5 Å². The van der Waals surface area contributed by atoms with Crippen LogP contribution in [0.5, 0.6) is 0 Å². The Bertz CT molecular complexity index is 1190. The van der Waals surface area contributed by atoms with Gasteiger partial charge >= 0.3 is 0 Å². The van der Waals surface area contributed by atoms with Crippen molar-refractivity contribution in [2.45, 2.75) is 18.2 Å². The zero-order valence-electron chi connectivity index (χ0n) is 15.7. The van der Waals surface area contributed by atoms with E-state index >= 15 is 0 Å². The van der Waals surface area contributed by atoms with Gasteiger partial charge in [0.1, 0.15) is 0 Å². The van der Waals surface area contributed by atoms with Crippen LogP contribution in [0.2, 0.25) is 5.02 Å². The van der Waals surface area contributed by atoms with E-state index in [1.54, 1.807) is 66.7 Å². The Morgan fingerprint density at radius 1 is 1.03 bits per heavy atom. The molecule has 0 saturated carbocycles. The number of hydrogen-bond acceptors (Lipinski definition) is 3. The third-order valence-corrected chi connectivity index (χ3v) is 7.08. The number of carbonyl (C=O) groups excluding carboxylic acids is 1. The third kappa shape index (κ3) is 3.73. The standard InChI is InChI=1S/C22H19ClN2O3S/c1-15-6-9-18(10-7-15)29(27,28)25-13-12-16-14-17(8-11-21(16)25)22(26)24-20-5-3-2-4-19(20)23/h2-11,14H,12-13H2,1H3,(H,24,26). The Hall–Kier alpha value is -2.83. The number of benzene rings is 3. The third-order valence-electron chi connectivity index (χ3n) is 4.93. The molecule has 0 bridgehead atoms. The van der Waals surface area contributed by atoms with E-state index in [2.05, 4.69) is 5.32 Å². The van der Waals surface area contributed by atoms with Crippen molar-refractivity contribution in [3.05, 3.63) is 88.4 Å². The highest BCUT2D eigenvalue weighted by molar-refractivity contribution is 7.92. The van der Waals surface area contributed by atoms with E-state index in [1.165, 1.54) is 4.31 Å². The summed E-state index contributed by atoms with van der Waals surface area (Å²) in [6.07, 6.45) is 0.549. The largest absolute Gasteiger partial charge is 0.321 e. The molecule has 0 aromatic heterocycles. The first kappa shape index (κ1) is 19.5. The van der Waals surface area contributed by atoms with Gasteiger partial charge in [-0.3, -0.25) is 9.10 Å². The number of amides is 1. The van der Waals surface area contributed by atoms with Gasteiger partial charge in [-0.05, 0) is 61.4 Å². The Balaban J connectivity index is 1.60. The first-order chi connectivity index (χ1) is 13.9. The Kier molecular flexibility index (Phi) is 5.06. The van der Waals surface area contributed by atoms with Crippen molar-refractivity contribution in [2.75, 3.05) is 16.2 Å². The van der Waals surface area contributed by atoms with Crippen LogP contribution in [0.25, 0.3) is 0 Å². The van der Waals surface area contributed by atoms with Gasteiger partial charge in [0.2, 0.25) is 0 Å². The minimum atomic E-state index is -3.64. The second kappa shape index (κ2) is 7.54. The van der Waals surface area contributed by atoms with Gasteiger partial charge in [-0.25, -0.2) is 8.42 Å². The highest BCUT2D eigenvalue weighted by Gasteiger charge is 2.31. The lowest BCUT2D eigenvalue weighted by molar-refractivity contribution is 0.102. The van der Waals surface area contributed by atoms with Gasteiger partial charge in [0.25, 0.3) is 15.9 Å². The molecule has 0 aliphatic carbocycles. The predicted octanol–water partition coefficient (Wildman–Crippen LogP) is 4.65. The van der Waals surface area contributed by atoms with E-state index in [0.29, 0.717) is 34.9 Å². The van der Waals surface area contributed by atoms with E-state index in [0.717, 1.165) is 11.1 Å². The fraction of sp³-hybridized carbons (Fsp3) is 0.136. The maximum absolute atomic E-state index is 13.0. The predicted molar refractivity (Wildman–Crippen MR) is 115 cm³/mol. The van der Waals surface area contributed by atoms with Crippen LogP contribution < -0.4 is 9.62 Å². The minimum Gasteiger partial charge on any atom is -0.321 e. The minimum absolute atomic E-state index is 0.261. The maximum Gasteiger partial charge on any atom is 0.264 e. The van der Waals surface area contributed by atoms with E-state index in [4.69, 9.17) is 11.6 Å². The van der Waals surface area contributed by atoms with Crippen molar-refractivity contribution in [3.8, 4) is 0 Å². The fourth-order valence-corrected chi connectivity index (χ4v) is 5.04. The Morgan fingerprint density at radius 3 is 2.48 bits per heavy atom. The summed E-state index contributed by atoms with van der Waals surface area (Å²) >= 11 is 6.10. The van der Waals surface area contributed by atoms with Gasteiger partial charge < -0.3 is 5.32 Å². The van der Waals surface area contributed by atoms with E-state index in [9.17, 15) is 13.2 Å². The topological polar surface area (TPSA) is 66.5 Å². The van der Waals surface area contributed by atoms with Gasteiger partial charge in [0.15, 0.2) is 0 Å². The van der Waals surface area contributed by atoms with Crippen LogP contribution in [0.4, 0.5) is 11.4 Å². The van der Waals surface area contributed by atoms with Gasteiger partial charge in [0.05, 0.1) is 21.3 Å². The molecule has 1 heterocycles. The smallest absolute Gasteiger partial charge is 0.264 e. The summed E-state index contributed by atoms with van der Waals surface area (Å²) in [7, 11) is -3.64. The van der Waals surface area contributed by atoms with Gasteiger partial charge in [-0.2, -0.15) is 0 Å². The number of nitrogens with zero attached hydrogens (tertiary/aromatic N) is 1. The van der Waals surface area contributed by atoms with Crippen LogP contribution in [0.15, 0.2) is 71.6 Å². The van der Waals surface area contributed by atoms with Crippen molar-refractivity contribution < 1.29 is 13.2 Å². The molecule has 0 saturated heterocycles. The molecular weight excluding hydrogens is 408 g/mol. The molecule has 0 unspecified atom stereocenters. The van der Waals surface area contributed by atoms with Crippen molar-refractivity contribution in [2.24, 2.45) is 0 Å². The number of sulfonamides is 1. The number of para-hydroxylation sites is 1. The first-order valence-corrected chi connectivity index (χ1v) is 11.0.